The van der Waals surface area contributed by atoms with E-state index in [0.29, 0.717) is 0 Å². The maximum absolute atomic E-state index is 13.5. The number of nitrogens with two attached hydrogens (primary N) is 1. The summed E-state index contributed by atoms with van der Waals surface area (Å²) in [5.74, 6) is -1.48. The van der Waals surface area contributed by atoms with E-state index in [1.54, 1.807) is 13.8 Å². The van der Waals surface area contributed by atoms with Gasteiger partial charge in [-0.05, 0) is 32.0 Å². The Morgan fingerprint density at radius 1 is 1.47 bits per heavy atom. The van der Waals surface area contributed by atoms with E-state index in [1.165, 1.54) is 6.07 Å². The standard InChI is InChI=1S/C11H15FN2O4S/c1-7(2)18-6-11(15)14-8-3-4-10(9(12)5-8)19(13,16)17/h3-5,7H,6H2,1-2H3,(H,14,15)(H2,13,16,17). The number of primary sulfonamides is 1. The van der Waals surface area contributed by atoms with Gasteiger partial charge in [-0.15, -0.1) is 0 Å². The second kappa shape index (κ2) is 6.09. The highest BCUT2D eigenvalue weighted by atomic mass is 32.2. The monoisotopic (exact) mass is 290 g/mol. The van der Waals surface area contributed by atoms with Crippen LogP contribution in [-0.2, 0) is 19.6 Å². The highest BCUT2D eigenvalue weighted by Gasteiger charge is 2.15. The van der Waals surface area contributed by atoms with Crippen molar-refractivity contribution in [2.24, 2.45) is 5.14 Å². The first-order valence-electron chi connectivity index (χ1n) is 5.44. The van der Waals surface area contributed by atoms with Crippen molar-refractivity contribution >= 4 is 21.6 Å². The molecule has 0 aromatic heterocycles. The Labute approximate surface area is 110 Å². The molecule has 8 heteroatoms. The summed E-state index contributed by atoms with van der Waals surface area (Å²) in [5.41, 5.74) is 0.127. The van der Waals surface area contributed by atoms with Gasteiger partial charge in [0.2, 0.25) is 15.9 Å². The minimum atomic E-state index is -4.11. The number of anilines is 1. The summed E-state index contributed by atoms with van der Waals surface area (Å²) in [5, 5.41) is 7.19. The lowest BCUT2D eigenvalue weighted by atomic mass is 10.3. The molecular weight excluding hydrogens is 275 g/mol. The molecule has 1 aromatic rings. The normalized spacial score (nSPS) is 11.6. The highest BCUT2D eigenvalue weighted by Crippen LogP contribution is 2.17. The summed E-state index contributed by atoms with van der Waals surface area (Å²) < 4.78 is 40.5. The van der Waals surface area contributed by atoms with Crippen molar-refractivity contribution < 1.29 is 22.3 Å². The first-order chi connectivity index (χ1) is 8.70. The van der Waals surface area contributed by atoms with Crippen LogP contribution in [0.25, 0.3) is 0 Å². The fourth-order valence-electron chi connectivity index (χ4n) is 1.25. The number of ether oxygens (including phenoxy) is 1. The van der Waals surface area contributed by atoms with Crippen LogP contribution in [0.15, 0.2) is 23.1 Å². The van der Waals surface area contributed by atoms with Gasteiger partial charge in [0.15, 0.2) is 0 Å². The van der Waals surface area contributed by atoms with E-state index in [-0.39, 0.29) is 18.4 Å². The lowest BCUT2D eigenvalue weighted by Crippen LogP contribution is -2.21. The summed E-state index contributed by atoms with van der Waals surface area (Å²) in [6.45, 7) is 3.37. The van der Waals surface area contributed by atoms with Crippen molar-refractivity contribution in [1.82, 2.24) is 0 Å². The topological polar surface area (TPSA) is 98.5 Å². The summed E-state index contributed by atoms with van der Waals surface area (Å²) in [6.07, 6.45) is -0.104. The third-order valence-electron chi connectivity index (χ3n) is 2.07. The number of nitrogens with one attached hydrogen (secondary N) is 1. The molecule has 0 bridgehead atoms. The average molecular weight is 290 g/mol. The molecule has 6 nitrogen and oxygen atoms in total. The third kappa shape index (κ3) is 4.93. The molecular formula is C11H15FN2O4S. The Morgan fingerprint density at radius 2 is 2.11 bits per heavy atom. The predicted molar refractivity (Wildman–Crippen MR) is 67.5 cm³/mol. The van der Waals surface area contributed by atoms with Crippen LogP contribution in [0.4, 0.5) is 10.1 Å². The van der Waals surface area contributed by atoms with Gasteiger partial charge in [-0.25, -0.2) is 17.9 Å². The van der Waals surface area contributed by atoms with Gasteiger partial charge >= 0.3 is 0 Å². The molecule has 106 valence electrons. The quantitative estimate of drug-likeness (QED) is 0.839. The Balaban J connectivity index is 2.77. The molecule has 0 aliphatic rings. The van der Waals surface area contributed by atoms with Crippen molar-refractivity contribution in [3.63, 3.8) is 0 Å². The van der Waals surface area contributed by atoms with Crippen LogP contribution in [0, 0.1) is 5.82 Å². The Morgan fingerprint density at radius 3 is 2.58 bits per heavy atom. The smallest absolute Gasteiger partial charge is 0.250 e. The van der Waals surface area contributed by atoms with E-state index < -0.39 is 26.6 Å². The molecule has 0 spiro atoms. The Kier molecular flexibility index (Phi) is 4.98. The second-order valence-electron chi connectivity index (χ2n) is 4.10. The SMILES string of the molecule is CC(C)OCC(=O)Nc1ccc(S(N)(=O)=O)c(F)c1. The third-order valence-corrected chi connectivity index (χ3v) is 3.01. The van der Waals surface area contributed by atoms with Crippen LogP contribution in [0.3, 0.4) is 0 Å². The van der Waals surface area contributed by atoms with Gasteiger partial charge in [0, 0.05) is 5.69 Å². The van der Waals surface area contributed by atoms with Crippen LogP contribution in [0.5, 0.6) is 0 Å². The molecule has 1 amide bonds. The Bertz CT molecular complexity index is 572. The van der Waals surface area contributed by atoms with Gasteiger partial charge in [-0.2, -0.15) is 0 Å². The molecule has 1 aromatic carbocycles. The number of halogens is 1. The number of amides is 1. The van der Waals surface area contributed by atoms with E-state index in [0.717, 1.165) is 12.1 Å². The van der Waals surface area contributed by atoms with Gasteiger partial charge in [0.1, 0.15) is 17.3 Å². The molecule has 3 N–H and O–H groups in total. The first kappa shape index (κ1) is 15.5. The largest absolute Gasteiger partial charge is 0.369 e. The van der Waals surface area contributed by atoms with Crippen LogP contribution in [-0.4, -0.2) is 27.0 Å². The van der Waals surface area contributed by atoms with Crippen molar-refractivity contribution in [1.29, 1.82) is 0 Å². The second-order valence-corrected chi connectivity index (χ2v) is 5.63. The van der Waals surface area contributed by atoms with Crippen molar-refractivity contribution in [2.45, 2.75) is 24.8 Å². The minimum absolute atomic E-state index is 0.104. The van der Waals surface area contributed by atoms with Crippen LogP contribution < -0.4 is 10.5 Å². The summed E-state index contributed by atoms with van der Waals surface area (Å²) in [7, 11) is -4.11. The molecule has 0 fully saturated rings. The number of rotatable bonds is 5. The molecule has 0 unspecified atom stereocenters. The zero-order chi connectivity index (χ0) is 14.6. The molecule has 0 aliphatic carbocycles. The van der Waals surface area contributed by atoms with Gasteiger partial charge in [0.05, 0.1) is 6.10 Å². The van der Waals surface area contributed by atoms with E-state index in [9.17, 15) is 17.6 Å². The van der Waals surface area contributed by atoms with Gasteiger partial charge in [-0.1, -0.05) is 0 Å². The summed E-state index contributed by atoms with van der Waals surface area (Å²) >= 11 is 0. The maximum atomic E-state index is 13.5. The zero-order valence-corrected chi connectivity index (χ0v) is 11.3. The van der Waals surface area contributed by atoms with Crippen molar-refractivity contribution in [2.75, 3.05) is 11.9 Å². The summed E-state index contributed by atoms with van der Waals surface area (Å²) in [6, 6.07) is 3.12. The minimum Gasteiger partial charge on any atom is -0.369 e. The highest BCUT2D eigenvalue weighted by molar-refractivity contribution is 7.89. The number of hydrogen-bond acceptors (Lipinski definition) is 4. The van der Waals surface area contributed by atoms with Gasteiger partial charge < -0.3 is 10.1 Å². The lowest BCUT2D eigenvalue weighted by Gasteiger charge is -2.09. The molecule has 19 heavy (non-hydrogen) atoms. The molecule has 0 radical (unpaired) electrons. The van der Waals surface area contributed by atoms with Gasteiger partial charge in [0.25, 0.3) is 0 Å². The van der Waals surface area contributed by atoms with Crippen molar-refractivity contribution in [3.8, 4) is 0 Å². The van der Waals surface area contributed by atoms with E-state index in [2.05, 4.69) is 5.32 Å². The molecule has 0 heterocycles. The first-order valence-corrected chi connectivity index (χ1v) is 6.98. The van der Waals surface area contributed by atoms with E-state index >= 15 is 0 Å². The molecule has 0 saturated heterocycles. The number of carbonyl (C=O) groups excluding carboxylic acids is 1. The van der Waals surface area contributed by atoms with Crippen molar-refractivity contribution in [3.05, 3.63) is 24.0 Å². The van der Waals surface area contributed by atoms with Gasteiger partial charge in [-0.3, -0.25) is 4.79 Å². The summed E-state index contributed by atoms with van der Waals surface area (Å²) in [4.78, 5) is 10.8. The number of hydrogen-bond donors (Lipinski definition) is 2. The van der Waals surface area contributed by atoms with Crippen LogP contribution in [0.2, 0.25) is 0 Å². The number of benzene rings is 1. The van der Waals surface area contributed by atoms with E-state index in [4.69, 9.17) is 9.88 Å². The fraction of sp³-hybridized carbons (Fsp3) is 0.364. The average Bonchev–Trinajstić information content (AvgIpc) is 2.24. The van der Waals surface area contributed by atoms with Crippen LogP contribution in [0.1, 0.15) is 13.8 Å². The zero-order valence-electron chi connectivity index (χ0n) is 10.5. The maximum Gasteiger partial charge on any atom is 0.250 e. The Hall–Kier alpha value is -1.51. The molecule has 0 aliphatic heterocycles. The molecule has 0 saturated carbocycles. The lowest BCUT2D eigenvalue weighted by molar-refractivity contribution is -0.121. The molecule has 1 rings (SSSR count). The van der Waals surface area contributed by atoms with Crippen LogP contribution >= 0.6 is 0 Å². The molecule has 0 atom stereocenters. The predicted octanol–water partition coefficient (Wildman–Crippen LogP) is 0.837. The fourth-order valence-corrected chi connectivity index (χ4v) is 1.84. The number of carbonyl (C=O) groups is 1. The number of sulfonamides is 1. The van der Waals surface area contributed by atoms with E-state index in [1.807, 2.05) is 0 Å².